The standard InChI is InChI=1S/C41H44ClFN4O7/c1-25-30(5-3-8-37(25)52-14-4-11-47-12-9-29(49)10-13-47)31-6-2-7-32-33(31)17-35(43)40(32)54-39-18-38(53-24-27-15-26(19-44)20-45-21-27)28(16-34(39)42)22-46-36(23-48)41(50)51/h2-3,5-8,15-16,18,20-21,29,35-36,40,46,48-49H,4,9-14,17,22-24H2,1H3,(H,50,51)/t35-,36+,40-/m1/s1. The predicted octanol–water partition coefficient (Wildman–Crippen LogP) is 5.94. The molecular weight excluding hydrogens is 715 g/mol. The number of hydrogen-bond donors (Lipinski definition) is 4. The number of aromatic nitrogens is 1. The number of fused-ring (bicyclic) bond motifs is 1. The van der Waals surface area contributed by atoms with Crippen molar-refractivity contribution in [3.8, 4) is 34.4 Å². The molecule has 1 aromatic heterocycles. The van der Waals surface area contributed by atoms with Crippen LogP contribution in [0.25, 0.3) is 11.1 Å². The highest BCUT2D eigenvalue weighted by Crippen LogP contribution is 2.45. The van der Waals surface area contributed by atoms with E-state index in [9.17, 15) is 25.4 Å². The van der Waals surface area contributed by atoms with Crippen molar-refractivity contribution in [2.45, 2.75) is 70.2 Å². The minimum atomic E-state index is -1.38. The molecule has 54 heavy (non-hydrogen) atoms. The van der Waals surface area contributed by atoms with Crippen molar-refractivity contribution in [1.29, 1.82) is 5.26 Å². The number of aliphatic hydroxyl groups is 2. The van der Waals surface area contributed by atoms with Gasteiger partial charge in [0.05, 0.1) is 29.9 Å². The molecule has 13 heteroatoms. The van der Waals surface area contributed by atoms with Crippen molar-refractivity contribution < 1.29 is 38.7 Å². The number of nitrogens with zero attached hydrogens (tertiary/aromatic N) is 3. The van der Waals surface area contributed by atoms with Gasteiger partial charge in [0, 0.05) is 62.2 Å². The van der Waals surface area contributed by atoms with Crippen LogP contribution in [-0.2, 0) is 24.4 Å². The lowest BCUT2D eigenvalue weighted by atomic mass is 9.93. The van der Waals surface area contributed by atoms with Crippen LogP contribution >= 0.6 is 11.6 Å². The van der Waals surface area contributed by atoms with Gasteiger partial charge in [-0.05, 0) is 72.2 Å². The smallest absolute Gasteiger partial charge is 0.323 e. The second kappa shape index (κ2) is 18.0. The van der Waals surface area contributed by atoms with Crippen molar-refractivity contribution in [3.63, 3.8) is 0 Å². The summed E-state index contributed by atoms with van der Waals surface area (Å²) in [7, 11) is 0. The molecule has 2 heterocycles. The van der Waals surface area contributed by atoms with Crippen LogP contribution in [0.3, 0.4) is 0 Å². The van der Waals surface area contributed by atoms with Crippen molar-refractivity contribution >= 4 is 17.6 Å². The maximum atomic E-state index is 16.0. The summed E-state index contributed by atoms with van der Waals surface area (Å²) in [5.74, 6) is 0.0176. The van der Waals surface area contributed by atoms with Gasteiger partial charge in [0.25, 0.3) is 0 Å². The molecule has 0 bridgehead atoms. The molecule has 4 aromatic rings. The van der Waals surface area contributed by atoms with E-state index in [4.69, 9.17) is 25.8 Å². The first kappa shape index (κ1) is 38.9. The molecule has 11 nitrogen and oxygen atoms in total. The third kappa shape index (κ3) is 9.29. The number of aliphatic carboxylic acids is 1. The lowest BCUT2D eigenvalue weighted by Gasteiger charge is -2.29. The highest BCUT2D eigenvalue weighted by atomic mass is 35.5. The molecule has 3 atom stereocenters. The predicted molar refractivity (Wildman–Crippen MR) is 200 cm³/mol. The van der Waals surface area contributed by atoms with Crippen molar-refractivity contribution in [1.82, 2.24) is 15.2 Å². The number of carboxylic acid groups (broad SMARTS) is 1. The number of hydrogen-bond acceptors (Lipinski definition) is 10. The fourth-order valence-corrected chi connectivity index (χ4v) is 7.22. The van der Waals surface area contributed by atoms with Crippen LogP contribution in [0.1, 0.15) is 58.7 Å². The Morgan fingerprint density at radius 1 is 1.09 bits per heavy atom. The van der Waals surface area contributed by atoms with Gasteiger partial charge in [-0.3, -0.25) is 15.1 Å². The Labute approximate surface area is 318 Å². The molecular formula is C41H44ClFN4O7. The molecule has 0 unspecified atom stereocenters. The molecule has 0 amide bonds. The number of carbonyl (C=O) groups is 1. The third-order valence-corrected chi connectivity index (χ3v) is 10.3. The zero-order valence-electron chi connectivity index (χ0n) is 30.0. The number of halogens is 2. The lowest BCUT2D eigenvalue weighted by molar-refractivity contribution is -0.140. The number of carboxylic acids is 1. The summed E-state index contributed by atoms with van der Waals surface area (Å²) in [6.07, 6.45) is 3.08. The molecule has 1 aliphatic heterocycles. The Kier molecular flexibility index (Phi) is 13.0. The number of alkyl halides is 1. The number of aliphatic hydroxyl groups excluding tert-OH is 2. The maximum Gasteiger partial charge on any atom is 0.323 e. The average molecular weight is 759 g/mol. The Bertz CT molecular complexity index is 1980. The molecule has 6 rings (SSSR count). The normalized spacial score (nSPS) is 17.8. The average Bonchev–Trinajstić information content (AvgIpc) is 3.49. The van der Waals surface area contributed by atoms with Crippen molar-refractivity contribution in [2.75, 3.05) is 32.8 Å². The summed E-state index contributed by atoms with van der Waals surface area (Å²) in [6, 6.07) is 17.2. The van der Waals surface area contributed by atoms with Gasteiger partial charge < -0.3 is 34.4 Å². The van der Waals surface area contributed by atoms with E-state index in [-0.39, 0.29) is 42.2 Å². The molecule has 0 saturated carbocycles. The van der Waals surface area contributed by atoms with Crippen LogP contribution in [0.15, 0.2) is 67.0 Å². The van der Waals surface area contributed by atoms with Gasteiger partial charge in [0.15, 0.2) is 6.10 Å². The monoisotopic (exact) mass is 758 g/mol. The molecule has 1 aliphatic carbocycles. The molecule has 284 valence electrons. The zero-order valence-corrected chi connectivity index (χ0v) is 30.8. The number of nitriles is 1. The van der Waals surface area contributed by atoms with E-state index in [0.29, 0.717) is 28.9 Å². The fourth-order valence-electron chi connectivity index (χ4n) is 6.99. The number of piperidine rings is 1. The van der Waals surface area contributed by atoms with Crippen molar-refractivity contribution in [2.24, 2.45) is 0 Å². The Balaban J connectivity index is 1.21. The van der Waals surface area contributed by atoms with Gasteiger partial charge in [0.1, 0.15) is 42.1 Å². The summed E-state index contributed by atoms with van der Waals surface area (Å²) in [4.78, 5) is 18.0. The van der Waals surface area contributed by atoms with E-state index in [1.807, 2.05) is 49.4 Å². The topological polar surface area (TPSA) is 157 Å². The van der Waals surface area contributed by atoms with E-state index >= 15 is 4.39 Å². The lowest BCUT2D eigenvalue weighted by Crippen LogP contribution is -2.39. The highest BCUT2D eigenvalue weighted by Gasteiger charge is 2.37. The molecule has 0 radical (unpaired) electrons. The quantitative estimate of drug-likeness (QED) is 0.100. The number of nitrogens with one attached hydrogen (secondary N) is 1. The number of rotatable bonds is 16. The summed E-state index contributed by atoms with van der Waals surface area (Å²) in [5.41, 5.74) is 5.81. The fraction of sp³-hybridized carbons (Fsp3) is 0.390. The van der Waals surface area contributed by atoms with Gasteiger partial charge in [-0.25, -0.2) is 4.39 Å². The van der Waals surface area contributed by atoms with E-state index < -0.39 is 30.9 Å². The van der Waals surface area contributed by atoms with Gasteiger partial charge in [-0.2, -0.15) is 5.26 Å². The van der Waals surface area contributed by atoms with E-state index in [1.54, 1.807) is 24.4 Å². The second-order valence-electron chi connectivity index (χ2n) is 13.7. The van der Waals surface area contributed by atoms with Gasteiger partial charge in [-0.15, -0.1) is 0 Å². The largest absolute Gasteiger partial charge is 0.493 e. The Morgan fingerprint density at radius 2 is 1.87 bits per heavy atom. The van der Waals surface area contributed by atoms with E-state index in [1.165, 1.54) is 6.20 Å². The summed E-state index contributed by atoms with van der Waals surface area (Å²) < 4.78 is 34.7. The zero-order chi connectivity index (χ0) is 38.2. The summed E-state index contributed by atoms with van der Waals surface area (Å²) in [6.45, 7) is 4.66. The number of benzene rings is 3. The minimum absolute atomic E-state index is 0.0176. The van der Waals surface area contributed by atoms with E-state index in [2.05, 4.69) is 15.2 Å². The molecule has 4 N–H and O–H groups in total. The van der Waals surface area contributed by atoms with Crippen molar-refractivity contribution in [3.05, 3.63) is 105 Å². The molecule has 1 saturated heterocycles. The maximum absolute atomic E-state index is 16.0. The molecule has 2 aliphatic rings. The van der Waals surface area contributed by atoms with Crippen LogP contribution in [0.2, 0.25) is 5.02 Å². The number of likely N-dealkylation sites (tertiary alicyclic amines) is 1. The van der Waals surface area contributed by atoms with Crippen LogP contribution in [0.5, 0.6) is 17.2 Å². The minimum Gasteiger partial charge on any atom is -0.493 e. The highest BCUT2D eigenvalue weighted by molar-refractivity contribution is 6.32. The van der Waals surface area contributed by atoms with Crippen LogP contribution in [0, 0.1) is 18.3 Å². The second-order valence-corrected chi connectivity index (χ2v) is 14.1. The summed E-state index contributed by atoms with van der Waals surface area (Å²) in [5, 5.41) is 40.9. The van der Waals surface area contributed by atoms with Crippen LogP contribution < -0.4 is 19.5 Å². The number of ether oxygens (including phenoxy) is 3. The first-order valence-electron chi connectivity index (χ1n) is 18.1. The summed E-state index contributed by atoms with van der Waals surface area (Å²) >= 11 is 6.72. The first-order valence-corrected chi connectivity index (χ1v) is 18.4. The van der Waals surface area contributed by atoms with Crippen LogP contribution in [-0.4, -0.2) is 82.3 Å². The van der Waals surface area contributed by atoms with Gasteiger partial charge in [-0.1, -0.05) is 41.9 Å². The third-order valence-electron chi connectivity index (χ3n) is 9.96. The first-order chi connectivity index (χ1) is 26.1. The Hall–Kier alpha value is -4.77. The Morgan fingerprint density at radius 3 is 2.63 bits per heavy atom. The SMILES string of the molecule is Cc1c(OCCCN2CCC(O)CC2)cccc1-c1cccc2c1C[C@@H](F)[C@@H]2Oc1cc(OCc2cncc(C#N)c2)c(CN[C@@H](CO)C(=O)O)cc1Cl. The van der Waals surface area contributed by atoms with Crippen LogP contribution in [0.4, 0.5) is 4.39 Å². The molecule has 3 aromatic carbocycles. The van der Waals surface area contributed by atoms with E-state index in [0.717, 1.165) is 66.9 Å². The van der Waals surface area contributed by atoms with Gasteiger partial charge >= 0.3 is 5.97 Å². The van der Waals surface area contributed by atoms with Gasteiger partial charge in [0.2, 0.25) is 0 Å². The number of pyridine rings is 1. The molecule has 0 spiro atoms. The molecule has 1 fully saturated rings.